The Bertz CT molecular complexity index is 469. The fraction of sp³-hybridized carbons (Fsp3) is 0.222. The highest BCUT2D eigenvalue weighted by atomic mass is 79.9. The van der Waals surface area contributed by atoms with Crippen LogP contribution in [0.3, 0.4) is 0 Å². The van der Waals surface area contributed by atoms with Crippen LogP contribution in [0, 0.1) is 0 Å². The number of hydrogen-bond donors (Lipinski definition) is 1. The molecule has 0 radical (unpaired) electrons. The van der Waals surface area contributed by atoms with Crippen LogP contribution in [0.2, 0.25) is 0 Å². The van der Waals surface area contributed by atoms with Crippen LogP contribution in [0.1, 0.15) is 18.8 Å². The van der Waals surface area contributed by atoms with Crippen molar-refractivity contribution < 1.29 is 4.52 Å². The zero-order chi connectivity index (χ0) is 10.8. The average molecular weight is 269 g/mol. The maximum absolute atomic E-state index is 5.63. The summed E-state index contributed by atoms with van der Waals surface area (Å²) in [7, 11) is 0. The van der Waals surface area contributed by atoms with E-state index in [4.69, 9.17) is 10.3 Å². The van der Waals surface area contributed by atoms with Gasteiger partial charge in [0.25, 0.3) is 5.89 Å². The molecule has 0 fully saturated rings. The van der Waals surface area contributed by atoms with Gasteiger partial charge in [0.1, 0.15) is 5.69 Å². The Morgan fingerprint density at radius 2 is 2.33 bits per heavy atom. The van der Waals surface area contributed by atoms with Gasteiger partial charge in [-0.3, -0.25) is 0 Å². The Balaban J connectivity index is 2.42. The Hall–Kier alpha value is -1.27. The summed E-state index contributed by atoms with van der Waals surface area (Å²) >= 11 is 3.36. The fourth-order valence-electron chi connectivity index (χ4n) is 1.06. The standard InChI is InChI=1S/C9H9BrN4O/c1-5(11)8-13-9(15-14-8)7-6(10)3-2-4-12-7/h2-5H,11H2,1H3. The van der Waals surface area contributed by atoms with Gasteiger partial charge < -0.3 is 10.3 Å². The summed E-state index contributed by atoms with van der Waals surface area (Å²) < 4.78 is 5.87. The van der Waals surface area contributed by atoms with Crippen LogP contribution in [0.4, 0.5) is 0 Å². The van der Waals surface area contributed by atoms with Crippen LogP contribution in [-0.2, 0) is 0 Å². The number of rotatable bonds is 2. The second kappa shape index (κ2) is 4.08. The lowest BCUT2D eigenvalue weighted by Gasteiger charge is -1.95. The van der Waals surface area contributed by atoms with Crippen LogP contribution in [0.25, 0.3) is 11.6 Å². The quantitative estimate of drug-likeness (QED) is 0.901. The molecule has 2 N–H and O–H groups in total. The zero-order valence-electron chi connectivity index (χ0n) is 8.01. The van der Waals surface area contributed by atoms with E-state index in [1.165, 1.54) is 0 Å². The molecule has 0 bridgehead atoms. The third-order valence-corrected chi connectivity index (χ3v) is 2.45. The van der Waals surface area contributed by atoms with Gasteiger partial charge in [-0.15, -0.1) is 0 Å². The molecule has 0 saturated carbocycles. The van der Waals surface area contributed by atoms with E-state index in [-0.39, 0.29) is 6.04 Å². The Morgan fingerprint density at radius 3 is 2.93 bits per heavy atom. The molecule has 0 aromatic carbocycles. The highest BCUT2D eigenvalue weighted by Crippen LogP contribution is 2.24. The van der Waals surface area contributed by atoms with Crippen LogP contribution in [0.5, 0.6) is 0 Å². The van der Waals surface area contributed by atoms with Crippen molar-refractivity contribution in [2.75, 3.05) is 0 Å². The van der Waals surface area contributed by atoms with Crippen molar-refractivity contribution in [3.05, 3.63) is 28.6 Å². The summed E-state index contributed by atoms with van der Waals surface area (Å²) in [6.45, 7) is 1.79. The molecule has 6 heteroatoms. The van der Waals surface area contributed by atoms with Crippen LogP contribution >= 0.6 is 15.9 Å². The minimum Gasteiger partial charge on any atom is -0.332 e. The van der Waals surface area contributed by atoms with Crippen molar-refractivity contribution in [3.63, 3.8) is 0 Å². The molecular formula is C9H9BrN4O. The van der Waals surface area contributed by atoms with Gasteiger partial charge >= 0.3 is 0 Å². The SMILES string of the molecule is CC(N)c1noc(-c2ncccc2Br)n1. The predicted octanol–water partition coefficient (Wildman–Crippen LogP) is 1.91. The highest BCUT2D eigenvalue weighted by Gasteiger charge is 2.14. The molecule has 1 unspecified atom stereocenters. The van der Waals surface area contributed by atoms with Gasteiger partial charge in [-0.2, -0.15) is 4.98 Å². The minimum absolute atomic E-state index is 0.245. The number of aromatic nitrogens is 3. The maximum atomic E-state index is 5.63. The number of pyridine rings is 1. The van der Waals surface area contributed by atoms with E-state index in [2.05, 4.69) is 31.1 Å². The first kappa shape index (κ1) is 10.3. The van der Waals surface area contributed by atoms with E-state index in [9.17, 15) is 0 Å². The molecule has 0 aliphatic heterocycles. The molecule has 0 spiro atoms. The molecule has 2 aromatic heterocycles. The molecule has 2 heterocycles. The molecule has 78 valence electrons. The number of halogens is 1. The van der Waals surface area contributed by atoms with Crippen molar-refractivity contribution in [3.8, 4) is 11.6 Å². The van der Waals surface area contributed by atoms with E-state index >= 15 is 0 Å². The van der Waals surface area contributed by atoms with Crippen molar-refractivity contribution in [1.82, 2.24) is 15.1 Å². The highest BCUT2D eigenvalue weighted by molar-refractivity contribution is 9.10. The molecule has 5 nitrogen and oxygen atoms in total. The normalized spacial score (nSPS) is 12.7. The molecular weight excluding hydrogens is 260 g/mol. The number of hydrogen-bond acceptors (Lipinski definition) is 5. The van der Waals surface area contributed by atoms with Crippen molar-refractivity contribution in [2.24, 2.45) is 5.73 Å². The van der Waals surface area contributed by atoms with Gasteiger partial charge in [0.05, 0.1) is 6.04 Å². The predicted molar refractivity (Wildman–Crippen MR) is 57.8 cm³/mol. The maximum Gasteiger partial charge on any atom is 0.277 e. The molecule has 2 rings (SSSR count). The van der Waals surface area contributed by atoms with E-state index in [1.54, 1.807) is 13.1 Å². The molecule has 0 aliphatic rings. The molecule has 1 atom stereocenters. The van der Waals surface area contributed by atoms with Crippen molar-refractivity contribution in [1.29, 1.82) is 0 Å². The van der Waals surface area contributed by atoms with Crippen LogP contribution < -0.4 is 5.73 Å². The first-order valence-electron chi connectivity index (χ1n) is 4.38. The van der Waals surface area contributed by atoms with Crippen LogP contribution in [0.15, 0.2) is 27.3 Å². The second-order valence-electron chi connectivity index (χ2n) is 3.08. The molecule has 2 aromatic rings. The topological polar surface area (TPSA) is 77.8 Å². The first-order chi connectivity index (χ1) is 7.18. The first-order valence-corrected chi connectivity index (χ1v) is 5.18. The van der Waals surface area contributed by atoms with E-state index in [0.717, 1.165) is 4.47 Å². The monoisotopic (exact) mass is 268 g/mol. The van der Waals surface area contributed by atoms with Gasteiger partial charge in [0, 0.05) is 10.7 Å². The lowest BCUT2D eigenvalue weighted by molar-refractivity contribution is 0.417. The smallest absolute Gasteiger partial charge is 0.277 e. The van der Waals surface area contributed by atoms with Crippen molar-refractivity contribution in [2.45, 2.75) is 13.0 Å². The second-order valence-corrected chi connectivity index (χ2v) is 3.93. The zero-order valence-corrected chi connectivity index (χ0v) is 9.60. The largest absolute Gasteiger partial charge is 0.332 e. The molecule has 15 heavy (non-hydrogen) atoms. The van der Waals surface area contributed by atoms with Gasteiger partial charge in [0.15, 0.2) is 5.82 Å². The van der Waals surface area contributed by atoms with Crippen LogP contribution in [-0.4, -0.2) is 15.1 Å². The number of nitrogens with two attached hydrogens (primary N) is 1. The minimum atomic E-state index is -0.245. The third-order valence-electron chi connectivity index (χ3n) is 1.81. The summed E-state index contributed by atoms with van der Waals surface area (Å²) in [5.74, 6) is 0.845. The molecule has 0 amide bonds. The van der Waals surface area contributed by atoms with Gasteiger partial charge in [-0.1, -0.05) is 5.16 Å². The van der Waals surface area contributed by atoms with Gasteiger partial charge in [-0.25, -0.2) is 4.98 Å². The van der Waals surface area contributed by atoms with Gasteiger partial charge in [0.2, 0.25) is 0 Å². The number of nitrogens with zero attached hydrogens (tertiary/aromatic N) is 3. The fourth-order valence-corrected chi connectivity index (χ4v) is 1.48. The summed E-state index contributed by atoms with van der Waals surface area (Å²) in [4.78, 5) is 8.28. The summed E-state index contributed by atoms with van der Waals surface area (Å²) in [5.41, 5.74) is 6.25. The third kappa shape index (κ3) is 2.05. The molecule has 0 saturated heterocycles. The van der Waals surface area contributed by atoms with E-state index < -0.39 is 0 Å². The Morgan fingerprint density at radius 1 is 1.53 bits per heavy atom. The van der Waals surface area contributed by atoms with Gasteiger partial charge in [-0.05, 0) is 35.0 Å². The lowest BCUT2D eigenvalue weighted by Crippen LogP contribution is -2.06. The van der Waals surface area contributed by atoms with E-state index in [1.807, 2.05) is 12.1 Å². The van der Waals surface area contributed by atoms with E-state index in [0.29, 0.717) is 17.4 Å². The summed E-state index contributed by atoms with van der Waals surface area (Å²) in [6, 6.07) is 3.43. The average Bonchev–Trinajstić information content (AvgIpc) is 2.67. The Kier molecular flexibility index (Phi) is 2.79. The van der Waals surface area contributed by atoms with Crippen molar-refractivity contribution >= 4 is 15.9 Å². The summed E-state index contributed by atoms with van der Waals surface area (Å²) in [6.07, 6.45) is 1.66. The molecule has 0 aliphatic carbocycles. The Labute approximate surface area is 94.8 Å². The lowest BCUT2D eigenvalue weighted by atomic mass is 10.3. The summed E-state index contributed by atoms with van der Waals surface area (Å²) in [5, 5.41) is 3.76.